The van der Waals surface area contributed by atoms with E-state index in [0.717, 1.165) is 12.2 Å². The molecule has 0 heterocycles. The fraction of sp³-hybridized carbons (Fsp3) is 0.857. The van der Waals surface area contributed by atoms with Crippen molar-refractivity contribution < 1.29 is 5.11 Å². The lowest BCUT2D eigenvalue weighted by molar-refractivity contribution is 0.304. The Morgan fingerprint density at radius 2 is 2.11 bits per heavy atom. The molecule has 0 fully saturated rings. The highest BCUT2D eigenvalue weighted by Crippen LogP contribution is 2.08. The highest BCUT2D eigenvalue weighted by molar-refractivity contribution is 7.99. The molecule has 0 aliphatic rings. The predicted octanol–water partition coefficient (Wildman–Crippen LogP) is 2.44. The summed E-state index contributed by atoms with van der Waals surface area (Å²) in [7, 11) is 0. The first-order valence-corrected chi connectivity index (χ1v) is 4.52. The molecule has 0 aromatic carbocycles. The van der Waals surface area contributed by atoms with E-state index in [1.54, 1.807) is 6.92 Å². The summed E-state index contributed by atoms with van der Waals surface area (Å²) in [6.45, 7) is 3.93. The van der Waals surface area contributed by atoms with Crippen LogP contribution in [-0.4, -0.2) is 16.6 Å². The second-order valence-electron chi connectivity index (χ2n) is 2.10. The zero-order valence-electron chi connectivity index (χ0n) is 6.18. The van der Waals surface area contributed by atoms with Gasteiger partial charge in [0.1, 0.15) is 0 Å². The smallest absolute Gasteiger partial charge is 0.0910 e. The van der Waals surface area contributed by atoms with Crippen molar-refractivity contribution in [3.63, 3.8) is 0 Å². The van der Waals surface area contributed by atoms with E-state index in [1.165, 1.54) is 12.2 Å². The zero-order chi connectivity index (χ0) is 7.11. The monoisotopic (exact) mass is 147 g/mol. The number of aliphatic hydroxyl groups excluding tert-OH is 1. The number of rotatable bonds is 5. The van der Waals surface area contributed by atoms with Crippen LogP contribution in [0.4, 0.5) is 0 Å². The van der Waals surface area contributed by atoms with E-state index in [0.29, 0.717) is 6.10 Å². The molecule has 0 aliphatic heterocycles. The number of hydrogen-bond acceptors (Lipinski definition) is 2. The molecule has 1 N–H and O–H groups in total. The standard InChI is InChI=1S/C7H15OS/c1-3-5-9-6-4-7(2)8/h8H,3-6H2,1-2H3. The minimum atomic E-state index is 0.554. The predicted molar refractivity (Wildman–Crippen MR) is 43.1 cm³/mol. The van der Waals surface area contributed by atoms with E-state index < -0.39 is 0 Å². The van der Waals surface area contributed by atoms with Gasteiger partial charge in [0.25, 0.3) is 0 Å². The van der Waals surface area contributed by atoms with Gasteiger partial charge >= 0.3 is 0 Å². The van der Waals surface area contributed by atoms with Gasteiger partial charge in [-0.15, -0.1) is 0 Å². The van der Waals surface area contributed by atoms with Crippen molar-refractivity contribution in [1.82, 2.24) is 0 Å². The molecular weight excluding hydrogens is 132 g/mol. The SMILES string of the molecule is CCCSCC[C](C)O. The summed E-state index contributed by atoms with van der Waals surface area (Å²) < 4.78 is 0. The molecule has 1 radical (unpaired) electrons. The molecule has 0 amide bonds. The van der Waals surface area contributed by atoms with Crippen LogP contribution in [0.15, 0.2) is 0 Å². The Labute approximate surface area is 61.8 Å². The average molecular weight is 147 g/mol. The maximum atomic E-state index is 8.76. The summed E-state index contributed by atoms with van der Waals surface area (Å²) in [5, 5.41) is 8.76. The van der Waals surface area contributed by atoms with Crippen molar-refractivity contribution in [3.8, 4) is 0 Å². The second-order valence-corrected chi connectivity index (χ2v) is 3.32. The largest absolute Gasteiger partial charge is 0.387 e. The summed E-state index contributed by atoms with van der Waals surface area (Å²) in [5.41, 5.74) is 0. The van der Waals surface area contributed by atoms with E-state index in [9.17, 15) is 0 Å². The Kier molecular flexibility index (Phi) is 6.65. The third-order valence-electron chi connectivity index (χ3n) is 0.957. The Morgan fingerprint density at radius 1 is 1.44 bits per heavy atom. The van der Waals surface area contributed by atoms with Crippen LogP contribution in [0.1, 0.15) is 26.7 Å². The van der Waals surface area contributed by atoms with Crippen LogP contribution >= 0.6 is 11.8 Å². The number of hydrogen-bond donors (Lipinski definition) is 1. The van der Waals surface area contributed by atoms with Crippen LogP contribution in [0.3, 0.4) is 0 Å². The van der Waals surface area contributed by atoms with Crippen LogP contribution < -0.4 is 0 Å². The summed E-state index contributed by atoms with van der Waals surface area (Å²) in [4.78, 5) is 0. The van der Waals surface area contributed by atoms with Gasteiger partial charge in [0.15, 0.2) is 0 Å². The molecule has 0 unspecified atom stereocenters. The van der Waals surface area contributed by atoms with Crippen LogP contribution in [0.25, 0.3) is 0 Å². The van der Waals surface area contributed by atoms with Crippen LogP contribution in [-0.2, 0) is 0 Å². The van der Waals surface area contributed by atoms with Gasteiger partial charge in [-0.05, 0) is 31.3 Å². The Bertz CT molecular complexity index is 54.9. The molecule has 0 bridgehead atoms. The summed E-state index contributed by atoms with van der Waals surface area (Å²) >= 11 is 1.90. The molecule has 55 valence electrons. The van der Waals surface area contributed by atoms with Crippen molar-refractivity contribution >= 4 is 11.8 Å². The third kappa shape index (κ3) is 8.31. The van der Waals surface area contributed by atoms with E-state index in [-0.39, 0.29) is 0 Å². The van der Waals surface area contributed by atoms with Crippen molar-refractivity contribution in [2.75, 3.05) is 11.5 Å². The van der Waals surface area contributed by atoms with E-state index in [1.807, 2.05) is 11.8 Å². The Hall–Kier alpha value is 0.310. The van der Waals surface area contributed by atoms with Gasteiger partial charge < -0.3 is 5.11 Å². The van der Waals surface area contributed by atoms with Gasteiger partial charge in [-0.2, -0.15) is 11.8 Å². The van der Waals surface area contributed by atoms with Gasteiger partial charge in [0.05, 0.1) is 6.10 Å². The van der Waals surface area contributed by atoms with E-state index >= 15 is 0 Å². The molecule has 0 saturated heterocycles. The number of thioether (sulfide) groups is 1. The van der Waals surface area contributed by atoms with Gasteiger partial charge in [0.2, 0.25) is 0 Å². The van der Waals surface area contributed by atoms with Gasteiger partial charge in [-0.1, -0.05) is 6.92 Å². The van der Waals surface area contributed by atoms with Gasteiger partial charge in [-0.3, -0.25) is 0 Å². The fourth-order valence-electron chi connectivity index (χ4n) is 0.466. The minimum absolute atomic E-state index is 0.554. The maximum Gasteiger partial charge on any atom is 0.0910 e. The summed E-state index contributed by atoms with van der Waals surface area (Å²) in [6.07, 6.45) is 2.64. The van der Waals surface area contributed by atoms with Gasteiger partial charge in [0, 0.05) is 0 Å². The normalized spacial score (nSPS) is 10.7. The average Bonchev–Trinajstić information content (AvgIpc) is 1.80. The summed E-state index contributed by atoms with van der Waals surface area (Å²) in [6, 6.07) is 0. The maximum absolute atomic E-state index is 8.76. The van der Waals surface area contributed by atoms with Gasteiger partial charge in [-0.25, -0.2) is 0 Å². The van der Waals surface area contributed by atoms with Crippen molar-refractivity contribution in [1.29, 1.82) is 0 Å². The molecule has 9 heavy (non-hydrogen) atoms. The molecule has 0 rings (SSSR count). The van der Waals surface area contributed by atoms with Crippen molar-refractivity contribution in [2.24, 2.45) is 0 Å². The molecule has 1 nitrogen and oxygen atoms in total. The molecule has 0 saturated carbocycles. The first kappa shape index (κ1) is 9.31. The molecular formula is C7H15OS. The molecule has 2 heteroatoms. The lowest BCUT2D eigenvalue weighted by atomic mass is 10.3. The van der Waals surface area contributed by atoms with E-state index in [2.05, 4.69) is 6.92 Å². The molecule has 0 atom stereocenters. The minimum Gasteiger partial charge on any atom is -0.387 e. The van der Waals surface area contributed by atoms with Crippen molar-refractivity contribution in [3.05, 3.63) is 6.10 Å². The lowest BCUT2D eigenvalue weighted by Gasteiger charge is -2.00. The third-order valence-corrected chi connectivity index (χ3v) is 2.15. The highest BCUT2D eigenvalue weighted by Gasteiger charge is 1.94. The Morgan fingerprint density at radius 3 is 2.56 bits per heavy atom. The quantitative estimate of drug-likeness (QED) is 0.603. The molecule has 0 aliphatic carbocycles. The van der Waals surface area contributed by atoms with Crippen LogP contribution in [0.5, 0.6) is 0 Å². The highest BCUT2D eigenvalue weighted by atomic mass is 32.2. The first-order valence-electron chi connectivity index (χ1n) is 3.36. The summed E-state index contributed by atoms with van der Waals surface area (Å²) in [5.74, 6) is 2.28. The molecule has 0 aromatic rings. The van der Waals surface area contributed by atoms with Crippen LogP contribution in [0, 0.1) is 6.10 Å². The van der Waals surface area contributed by atoms with Crippen LogP contribution in [0.2, 0.25) is 0 Å². The zero-order valence-corrected chi connectivity index (χ0v) is 7.00. The van der Waals surface area contributed by atoms with Crippen molar-refractivity contribution in [2.45, 2.75) is 26.7 Å². The Balaban J connectivity index is 2.75. The second kappa shape index (κ2) is 6.43. The number of aliphatic hydroxyl groups is 1. The molecule has 0 spiro atoms. The topological polar surface area (TPSA) is 20.2 Å². The van der Waals surface area contributed by atoms with E-state index in [4.69, 9.17) is 5.11 Å². The fourth-order valence-corrected chi connectivity index (χ4v) is 1.40. The lowest BCUT2D eigenvalue weighted by Crippen LogP contribution is -1.91. The molecule has 0 aromatic heterocycles. The first-order chi connectivity index (χ1) is 4.27.